The molecule has 2 aliphatic rings. The molecule has 7 nitrogen and oxygen atoms in total. The molecule has 3 aromatic rings. The summed E-state index contributed by atoms with van der Waals surface area (Å²) in [5, 5.41) is 3.58. The van der Waals surface area contributed by atoms with Crippen LogP contribution in [-0.2, 0) is 13.0 Å². The molecular weight excluding hydrogens is 441 g/mol. The summed E-state index contributed by atoms with van der Waals surface area (Å²) in [5.41, 5.74) is 3.09. The summed E-state index contributed by atoms with van der Waals surface area (Å²) in [7, 11) is 1.56. The van der Waals surface area contributed by atoms with Crippen molar-refractivity contribution < 1.29 is 13.9 Å². The van der Waals surface area contributed by atoms with E-state index < -0.39 is 0 Å². The molecule has 9 heteroatoms. The largest absolute Gasteiger partial charge is 0.481 e. The number of hydrogen-bond acceptors (Lipinski definition) is 8. The van der Waals surface area contributed by atoms with Gasteiger partial charge in [0.15, 0.2) is 5.75 Å². The Bertz CT molecular complexity index is 1160. The molecule has 5 heterocycles. The maximum absolute atomic E-state index is 14.6. The van der Waals surface area contributed by atoms with Crippen molar-refractivity contribution >= 4 is 22.8 Å². The van der Waals surface area contributed by atoms with Gasteiger partial charge in [-0.05, 0) is 36.9 Å². The smallest absolute Gasteiger partial charge is 0.213 e. The summed E-state index contributed by atoms with van der Waals surface area (Å²) in [6.45, 7) is 6.73. The van der Waals surface area contributed by atoms with Crippen LogP contribution in [0.2, 0.25) is 0 Å². The number of halogens is 1. The molecule has 1 saturated heterocycles. The topological polar surface area (TPSA) is 72.4 Å². The molecule has 0 amide bonds. The number of methoxy groups -OCH3 is 1. The third kappa shape index (κ3) is 4.90. The van der Waals surface area contributed by atoms with Crippen LogP contribution in [0.5, 0.6) is 11.6 Å². The maximum atomic E-state index is 14.6. The molecule has 33 heavy (non-hydrogen) atoms. The highest BCUT2D eigenvalue weighted by Crippen LogP contribution is 2.35. The van der Waals surface area contributed by atoms with Crippen LogP contribution in [0.1, 0.15) is 24.6 Å². The lowest BCUT2D eigenvalue weighted by Gasteiger charge is -2.25. The second kappa shape index (κ2) is 9.40. The van der Waals surface area contributed by atoms with Gasteiger partial charge < -0.3 is 19.7 Å². The fraction of sp³-hybridized carbons (Fsp3) is 0.458. The number of fused-ring (bicyclic) bond motifs is 2. The van der Waals surface area contributed by atoms with Crippen LogP contribution < -0.4 is 14.8 Å². The number of nitrogens with zero attached hydrogens (tertiary/aromatic N) is 4. The van der Waals surface area contributed by atoms with Gasteiger partial charge in [0.05, 0.1) is 41.1 Å². The van der Waals surface area contributed by atoms with E-state index in [0.717, 1.165) is 50.6 Å². The molecule has 0 aliphatic carbocycles. The first kappa shape index (κ1) is 22.3. The van der Waals surface area contributed by atoms with Gasteiger partial charge in [0.2, 0.25) is 5.88 Å². The second-order valence-electron chi connectivity index (χ2n) is 9.03. The van der Waals surface area contributed by atoms with Crippen LogP contribution in [0.3, 0.4) is 0 Å². The number of hydrogen-bond donors (Lipinski definition) is 1. The molecule has 1 N–H and O–H groups in total. The lowest BCUT2D eigenvalue weighted by molar-refractivity contribution is 0.267. The van der Waals surface area contributed by atoms with Gasteiger partial charge in [0.25, 0.3) is 0 Å². The Morgan fingerprint density at radius 2 is 2.21 bits per heavy atom. The summed E-state index contributed by atoms with van der Waals surface area (Å²) >= 11 is 1.71. The predicted octanol–water partition coefficient (Wildman–Crippen LogP) is 3.66. The van der Waals surface area contributed by atoms with E-state index in [1.807, 2.05) is 12.3 Å². The van der Waals surface area contributed by atoms with Crippen molar-refractivity contribution in [1.82, 2.24) is 25.2 Å². The number of likely N-dealkylation sites (tertiary alicyclic amines) is 1. The highest BCUT2D eigenvalue weighted by atomic mass is 32.2. The highest BCUT2D eigenvalue weighted by Gasteiger charge is 2.33. The Hall–Kier alpha value is -2.49. The molecule has 1 unspecified atom stereocenters. The zero-order valence-corrected chi connectivity index (χ0v) is 19.8. The van der Waals surface area contributed by atoms with Crippen LogP contribution in [0.15, 0.2) is 35.5 Å². The Morgan fingerprint density at radius 1 is 1.30 bits per heavy atom. The predicted molar refractivity (Wildman–Crippen MR) is 126 cm³/mol. The van der Waals surface area contributed by atoms with E-state index in [1.54, 1.807) is 24.9 Å². The van der Waals surface area contributed by atoms with Crippen molar-refractivity contribution in [3.63, 3.8) is 0 Å². The molecule has 0 aromatic carbocycles. The number of rotatable bonds is 8. The van der Waals surface area contributed by atoms with E-state index in [4.69, 9.17) is 9.47 Å². The summed E-state index contributed by atoms with van der Waals surface area (Å²) in [4.78, 5) is 16.7. The van der Waals surface area contributed by atoms with Crippen molar-refractivity contribution in [3.05, 3.63) is 47.7 Å². The molecule has 0 radical (unpaired) electrons. The monoisotopic (exact) mass is 469 g/mol. The molecule has 1 fully saturated rings. The molecule has 0 bridgehead atoms. The van der Waals surface area contributed by atoms with E-state index in [-0.39, 0.29) is 11.2 Å². The van der Waals surface area contributed by atoms with E-state index >= 15 is 0 Å². The molecule has 0 spiro atoms. The van der Waals surface area contributed by atoms with Gasteiger partial charge >= 0.3 is 0 Å². The Kier molecular flexibility index (Phi) is 6.36. The number of aromatic nitrogens is 3. The SMILES string of the molecule is COc1ccc2ncc(F)c(CCN3CCC(C)(CNCc4cc5c(cn4)OCS5)C3)c2n1. The maximum Gasteiger partial charge on any atom is 0.213 e. The minimum atomic E-state index is -0.308. The fourth-order valence-corrected chi connectivity index (χ4v) is 5.38. The number of pyridine rings is 3. The zero-order chi connectivity index (χ0) is 22.8. The van der Waals surface area contributed by atoms with Gasteiger partial charge in [-0.1, -0.05) is 18.7 Å². The molecule has 3 aromatic heterocycles. The number of thioether (sulfide) groups is 1. The van der Waals surface area contributed by atoms with Crippen LogP contribution >= 0.6 is 11.8 Å². The van der Waals surface area contributed by atoms with Crippen LogP contribution in [-0.4, -0.2) is 59.1 Å². The first-order valence-electron chi connectivity index (χ1n) is 11.2. The normalized spacial score (nSPS) is 20.2. The number of nitrogens with one attached hydrogen (secondary N) is 1. The lowest BCUT2D eigenvalue weighted by Crippen LogP contribution is -2.35. The van der Waals surface area contributed by atoms with Gasteiger partial charge in [-0.25, -0.2) is 9.37 Å². The van der Waals surface area contributed by atoms with Crippen molar-refractivity contribution in [3.8, 4) is 11.6 Å². The van der Waals surface area contributed by atoms with E-state index in [9.17, 15) is 4.39 Å². The number of ether oxygens (including phenoxy) is 2. The minimum Gasteiger partial charge on any atom is -0.481 e. The molecule has 2 aliphatic heterocycles. The van der Waals surface area contributed by atoms with Gasteiger partial charge in [0.1, 0.15) is 11.8 Å². The first-order valence-corrected chi connectivity index (χ1v) is 12.2. The summed E-state index contributed by atoms with van der Waals surface area (Å²) in [6, 6.07) is 5.69. The van der Waals surface area contributed by atoms with Crippen LogP contribution in [0, 0.1) is 11.2 Å². The van der Waals surface area contributed by atoms with Gasteiger partial charge in [0, 0.05) is 37.8 Å². The minimum absolute atomic E-state index is 0.176. The van der Waals surface area contributed by atoms with E-state index in [1.165, 1.54) is 11.1 Å². The van der Waals surface area contributed by atoms with Gasteiger partial charge in [-0.3, -0.25) is 9.97 Å². The van der Waals surface area contributed by atoms with Gasteiger partial charge in [-0.2, -0.15) is 0 Å². The lowest BCUT2D eigenvalue weighted by atomic mass is 9.90. The van der Waals surface area contributed by atoms with Crippen LogP contribution in [0.25, 0.3) is 11.0 Å². The van der Waals surface area contributed by atoms with Crippen LogP contribution in [0.4, 0.5) is 4.39 Å². The third-order valence-corrected chi connectivity index (χ3v) is 7.30. The zero-order valence-electron chi connectivity index (χ0n) is 18.9. The Morgan fingerprint density at radius 3 is 3.09 bits per heavy atom. The molecular formula is C24H28FN5O2S. The average molecular weight is 470 g/mol. The average Bonchev–Trinajstić information content (AvgIpc) is 3.44. The van der Waals surface area contributed by atoms with Gasteiger partial charge in [-0.15, -0.1) is 0 Å². The third-order valence-electron chi connectivity index (χ3n) is 6.44. The Balaban J connectivity index is 1.16. The summed E-state index contributed by atoms with van der Waals surface area (Å²) in [6.07, 6.45) is 4.81. The highest BCUT2D eigenvalue weighted by molar-refractivity contribution is 7.99. The Labute approximate surface area is 197 Å². The summed E-state index contributed by atoms with van der Waals surface area (Å²) in [5.74, 6) is 1.72. The molecule has 1 atom stereocenters. The van der Waals surface area contributed by atoms with Crippen molar-refractivity contribution in [1.29, 1.82) is 0 Å². The van der Waals surface area contributed by atoms with Crippen molar-refractivity contribution in [2.24, 2.45) is 5.41 Å². The summed E-state index contributed by atoms with van der Waals surface area (Å²) < 4.78 is 25.3. The fourth-order valence-electron chi connectivity index (χ4n) is 4.59. The molecule has 174 valence electrons. The molecule has 5 rings (SSSR count). The first-order chi connectivity index (χ1) is 16.0. The quantitative estimate of drug-likeness (QED) is 0.536. The van der Waals surface area contributed by atoms with E-state index in [2.05, 4.69) is 38.2 Å². The standard InChI is InChI=1S/C24H28FN5O2S/c1-24(13-26-10-16-9-21-20(12-27-16)32-15-33-21)6-8-30(14-24)7-5-17-18(25)11-28-19-3-4-22(31-2)29-23(17)19/h3-4,9,11-12,26H,5-8,10,13-15H2,1-2H3. The van der Waals surface area contributed by atoms with Crippen molar-refractivity contribution in [2.75, 3.05) is 39.2 Å². The van der Waals surface area contributed by atoms with E-state index in [0.29, 0.717) is 34.8 Å². The second-order valence-corrected chi connectivity index (χ2v) is 9.99. The molecule has 0 saturated carbocycles. The van der Waals surface area contributed by atoms with Crippen molar-refractivity contribution in [2.45, 2.75) is 31.2 Å².